The van der Waals surface area contributed by atoms with Crippen LogP contribution in [0.25, 0.3) is 0 Å². The molecule has 0 saturated carbocycles. The molecule has 0 aliphatic carbocycles. The van der Waals surface area contributed by atoms with Crippen molar-refractivity contribution in [2.24, 2.45) is 7.05 Å². The van der Waals surface area contributed by atoms with Crippen LogP contribution >= 0.6 is 11.8 Å². The number of benzene rings is 2. The highest BCUT2D eigenvalue weighted by atomic mass is 32.2. The molecule has 0 amide bonds. The van der Waals surface area contributed by atoms with Crippen LogP contribution in [0.4, 0.5) is 10.1 Å². The lowest BCUT2D eigenvalue weighted by atomic mass is 10.1. The summed E-state index contributed by atoms with van der Waals surface area (Å²) in [5.74, 6) is 1.31. The first kappa shape index (κ1) is 21.4. The van der Waals surface area contributed by atoms with E-state index in [1.165, 1.54) is 12.1 Å². The van der Waals surface area contributed by atoms with Crippen LogP contribution in [0.5, 0.6) is 0 Å². The molecule has 3 aromatic rings. The second-order valence-corrected chi connectivity index (χ2v) is 8.95. The summed E-state index contributed by atoms with van der Waals surface area (Å²) in [7, 11) is 1.92. The van der Waals surface area contributed by atoms with E-state index in [-0.39, 0.29) is 23.8 Å². The Morgan fingerprint density at radius 2 is 2.03 bits per heavy atom. The van der Waals surface area contributed by atoms with Crippen LogP contribution in [0.15, 0.2) is 54.9 Å². The molecule has 162 valence electrons. The number of aromatic nitrogens is 2. The van der Waals surface area contributed by atoms with Crippen molar-refractivity contribution in [1.82, 2.24) is 9.55 Å². The molecule has 31 heavy (non-hydrogen) atoms. The van der Waals surface area contributed by atoms with Gasteiger partial charge in [-0.2, -0.15) is 0 Å². The largest absolute Gasteiger partial charge is 0.462 e. The van der Waals surface area contributed by atoms with E-state index < -0.39 is 0 Å². The molecule has 2 heterocycles. The van der Waals surface area contributed by atoms with Gasteiger partial charge < -0.3 is 14.2 Å². The number of esters is 1. The summed E-state index contributed by atoms with van der Waals surface area (Å²) in [6.45, 7) is 4.49. The van der Waals surface area contributed by atoms with Gasteiger partial charge in [0.15, 0.2) is 0 Å². The monoisotopic (exact) mass is 439 g/mol. The maximum atomic E-state index is 13.4. The van der Waals surface area contributed by atoms with Crippen LogP contribution in [0.1, 0.15) is 39.6 Å². The molecule has 2 unspecified atom stereocenters. The van der Waals surface area contributed by atoms with Crippen molar-refractivity contribution in [2.75, 3.05) is 17.3 Å². The molecule has 0 bridgehead atoms. The lowest BCUT2D eigenvalue weighted by molar-refractivity contribution is 0.0507. The minimum absolute atomic E-state index is 0.116. The Morgan fingerprint density at radius 1 is 1.26 bits per heavy atom. The quantitative estimate of drug-likeness (QED) is 0.511. The summed E-state index contributed by atoms with van der Waals surface area (Å²) in [6, 6.07) is 12.7. The molecule has 2 aromatic carbocycles. The average Bonchev–Trinajstić information content (AvgIpc) is 3.34. The van der Waals surface area contributed by atoms with Gasteiger partial charge in [-0.25, -0.2) is 14.2 Å². The molecular formula is C24H26FN3O2S. The zero-order valence-corrected chi connectivity index (χ0v) is 18.7. The maximum absolute atomic E-state index is 13.4. The lowest BCUT2D eigenvalue weighted by Crippen LogP contribution is -2.30. The van der Waals surface area contributed by atoms with Gasteiger partial charge in [-0.15, -0.1) is 11.8 Å². The summed E-state index contributed by atoms with van der Waals surface area (Å²) in [6.07, 6.45) is 4.18. The Bertz CT molecular complexity index is 1070. The molecule has 0 radical (unpaired) electrons. The molecule has 7 heteroatoms. The number of aryl methyl sites for hydroxylation is 2. The Kier molecular flexibility index (Phi) is 6.32. The zero-order valence-electron chi connectivity index (χ0n) is 17.9. The molecule has 0 spiro atoms. The predicted molar refractivity (Wildman–Crippen MR) is 122 cm³/mol. The Labute approximate surface area is 186 Å². The molecular weight excluding hydrogens is 413 g/mol. The van der Waals surface area contributed by atoms with E-state index >= 15 is 0 Å². The summed E-state index contributed by atoms with van der Waals surface area (Å²) >= 11 is 1.85. The van der Waals surface area contributed by atoms with Crippen molar-refractivity contribution in [1.29, 1.82) is 0 Å². The highest BCUT2D eigenvalue weighted by Crippen LogP contribution is 2.45. The maximum Gasteiger partial charge on any atom is 0.338 e. The van der Waals surface area contributed by atoms with Gasteiger partial charge in [0.25, 0.3) is 0 Å². The number of carbonyl (C=O) groups is 1. The van der Waals surface area contributed by atoms with Gasteiger partial charge in [-0.1, -0.05) is 12.1 Å². The zero-order chi connectivity index (χ0) is 22.0. The van der Waals surface area contributed by atoms with Gasteiger partial charge in [0.1, 0.15) is 17.0 Å². The van der Waals surface area contributed by atoms with Crippen LogP contribution in [-0.4, -0.2) is 33.9 Å². The highest BCUT2D eigenvalue weighted by molar-refractivity contribution is 8.00. The molecule has 1 aliphatic heterocycles. The third-order valence-corrected chi connectivity index (χ3v) is 7.06. The minimum Gasteiger partial charge on any atom is -0.462 e. The first-order valence-electron chi connectivity index (χ1n) is 10.3. The molecule has 1 saturated heterocycles. The van der Waals surface area contributed by atoms with Crippen LogP contribution in [0.2, 0.25) is 0 Å². The number of hydrogen-bond acceptors (Lipinski definition) is 5. The molecule has 1 aliphatic rings. The molecule has 2 atom stereocenters. The number of halogens is 1. The number of imidazole rings is 1. The molecule has 4 rings (SSSR count). The number of hydrogen-bond donors (Lipinski definition) is 0. The van der Waals surface area contributed by atoms with Crippen LogP contribution in [0, 0.1) is 12.7 Å². The first-order valence-corrected chi connectivity index (χ1v) is 11.4. The minimum atomic E-state index is -0.331. The van der Waals surface area contributed by atoms with Crippen molar-refractivity contribution in [2.45, 2.75) is 31.7 Å². The summed E-state index contributed by atoms with van der Waals surface area (Å²) in [5, 5.41) is 0.116. The Morgan fingerprint density at radius 3 is 2.71 bits per heavy atom. The number of nitrogens with zero attached hydrogens (tertiary/aromatic N) is 3. The topological polar surface area (TPSA) is 47.4 Å². The van der Waals surface area contributed by atoms with E-state index in [1.54, 1.807) is 6.20 Å². The van der Waals surface area contributed by atoms with Gasteiger partial charge >= 0.3 is 5.97 Å². The molecule has 1 aromatic heterocycles. The van der Waals surface area contributed by atoms with Crippen molar-refractivity contribution in [3.8, 4) is 0 Å². The fourth-order valence-corrected chi connectivity index (χ4v) is 5.35. The SMILES string of the molecule is Cc1cc(C(=O)OCCc2nccn2C)ccc1N1C(C)CSC1c1ccc(F)cc1. The Hall–Kier alpha value is -2.80. The number of thioether (sulfide) groups is 1. The van der Waals surface area contributed by atoms with E-state index in [0.29, 0.717) is 18.0 Å². The predicted octanol–water partition coefficient (Wildman–Crippen LogP) is 4.91. The van der Waals surface area contributed by atoms with E-state index in [1.807, 2.05) is 66.8 Å². The van der Waals surface area contributed by atoms with Crippen LogP contribution in [0.3, 0.4) is 0 Å². The van der Waals surface area contributed by atoms with Gasteiger partial charge in [0.2, 0.25) is 0 Å². The third kappa shape index (κ3) is 4.61. The average molecular weight is 440 g/mol. The molecule has 0 N–H and O–H groups in total. The van der Waals surface area contributed by atoms with Crippen molar-refractivity contribution < 1.29 is 13.9 Å². The van der Waals surface area contributed by atoms with E-state index in [4.69, 9.17) is 4.74 Å². The first-order chi connectivity index (χ1) is 14.9. The van der Waals surface area contributed by atoms with Gasteiger partial charge in [-0.3, -0.25) is 0 Å². The normalized spacial score (nSPS) is 18.4. The highest BCUT2D eigenvalue weighted by Gasteiger charge is 2.33. The fourth-order valence-electron chi connectivity index (χ4n) is 3.90. The lowest BCUT2D eigenvalue weighted by Gasteiger charge is -2.31. The molecule has 5 nitrogen and oxygen atoms in total. The second kappa shape index (κ2) is 9.14. The summed E-state index contributed by atoms with van der Waals surface area (Å²) in [5.41, 5.74) is 3.71. The number of rotatable bonds is 6. The van der Waals surface area contributed by atoms with Crippen LogP contribution < -0.4 is 4.90 Å². The molecule has 1 fully saturated rings. The van der Waals surface area contributed by atoms with E-state index in [2.05, 4.69) is 16.8 Å². The summed E-state index contributed by atoms with van der Waals surface area (Å²) < 4.78 is 20.7. The standard InChI is InChI=1S/C24H26FN3O2S/c1-16-14-19(24(29)30-13-10-22-26-11-12-27(22)3)6-9-21(16)28-17(2)15-31-23(28)18-4-7-20(25)8-5-18/h4-9,11-12,14,17,23H,10,13,15H2,1-3H3. The van der Waals surface area contributed by atoms with Crippen molar-refractivity contribution in [3.63, 3.8) is 0 Å². The third-order valence-electron chi connectivity index (χ3n) is 5.57. The smallest absolute Gasteiger partial charge is 0.338 e. The van der Waals surface area contributed by atoms with Crippen LogP contribution in [-0.2, 0) is 18.2 Å². The number of anilines is 1. The van der Waals surface area contributed by atoms with E-state index in [0.717, 1.165) is 28.4 Å². The summed E-state index contributed by atoms with van der Waals surface area (Å²) in [4.78, 5) is 19.1. The number of ether oxygens (including phenoxy) is 1. The van der Waals surface area contributed by atoms with E-state index in [9.17, 15) is 9.18 Å². The second-order valence-electron chi connectivity index (χ2n) is 7.84. The number of carbonyl (C=O) groups excluding carboxylic acids is 1. The van der Waals surface area contributed by atoms with Gasteiger partial charge in [-0.05, 0) is 55.3 Å². The fraction of sp³-hybridized carbons (Fsp3) is 0.333. The van der Waals surface area contributed by atoms with Gasteiger partial charge in [0.05, 0.1) is 12.2 Å². The van der Waals surface area contributed by atoms with Gasteiger partial charge in [0, 0.05) is 43.3 Å². The van der Waals surface area contributed by atoms with Crippen molar-refractivity contribution in [3.05, 3.63) is 83.2 Å². The Balaban J connectivity index is 1.47. The van der Waals surface area contributed by atoms with Crippen molar-refractivity contribution >= 4 is 23.4 Å².